The van der Waals surface area contributed by atoms with E-state index >= 15 is 0 Å². The summed E-state index contributed by atoms with van der Waals surface area (Å²) in [6, 6.07) is 13.5. The molecule has 88 valence electrons. The van der Waals surface area contributed by atoms with Crippen LogP contribution in [0.3, 0.4) is 0 Å². The molecule has 0 N–H and O–H groups in total. The lowest BCUT2D eigenvalue weighted by Crippen LogP contribution is -2.34. The molecular weight excluding hydrogens is 204 g/mol. The lowest BCUT2D eigenvalue weighted by Gasteiger charge is -2.42. The summed E-state index contributed by atoms with van der Waals surface area (Å²) in [7, 11) is 0. The van der Waals surface area contributed by atoms with Crippen molar-refractivity contribution in [2.45, 2.75) is 44.9 Å². The second kappa shape index (κ2) is 3.13. The minimum absolute atomic E-state index is 0.275. The topological polar surface area (TPSA) is 0 Å². The van der Waals surface area contributed by atoms with E-state index in [1.807, 2.05) is 0 Å². The fraction of sp³-hybridized carbons (Fsp3) is 0.412. The molecule has 1 aliphatic carbocycles. The quantitative estimate of drug-likeness (QED) is 0.603. The van der Waals surface area contributed by atoms with Crippen molar-refractivity contribution < 1.29 is 0 Å². The summed E-state index contributed by atoms with van der Waals surface area (Å²) in [5.74, 6) is 0. The van der Waals surface area contributed by atoms with Gasteiger partial charge < -0.3 is 0 Å². The van der Waals surface area contributed by atoms with E-state index in [4.69, 9.17) is 0 Å². The van der Waals surface area contributed by atoms with Gasteiger partial charge in [0.15, 0.2) is 0 Å². The molecule has 3 rings (SSSR count). The molecule has 2 aromatic rings. The summed E-state index contributed by atoms with van der Waals surface area (Å²) < 4.78 is 0. The van der Waals surface area contributed by atoms with E-state index < -0.39 is 0 Å². The largest absolute Gasteiger partial charge is 0.0613 e. The van der Waals surface area contributed by atoms with Crippen LogP contribution in [0, 0.1) is 0 Å². The van der Waals surface area contributed by atoms with Gasteiger partial charge in [-0.2, -0.15) is 0 Å². The fourth-order valence-electron chi connectivity index (χ4n) is 3.76. The van der Waals surface area contributed by atoms with Crippen molar-refractivity contribution >= 4 is 10.8 Å². The molecule has 0 aromatic heterocycles. The van der Waals surface area contributed by atoms with Crippen molar-refractivity contribution in [1.29, 1.82) is 0 Å². The van der Waals surface area contributed by atoms with E-state index in [0.29, 0.717) is 0 Å². The molecule has 0 radical (unpaired) electrons. The summed E-state index contributed by atoms with van der Waals surface area (Å²) in [5, 5.41) is 2.89. The second-order valence-corrected chi connectivity index (χ2v) is 6.65. The highest BCUT2D eigenvalue weighted by Gasteiger charge is 2.38. The van der Waals surface area contributed by atoms with Gasteiger partial charge in [-0.25, -0.2) is 0 Å². The zero-order chi connectivity index (χ0) is 12.3. The van der Waals surface area contributed by atoms with Gasteiger partial charge in [-0.05, 0) is 39.2 Å². The van der Waals surface area contributed by atoms with Crippen molar-refractivity contribution in [2.75, 3.05) is 0 Å². The zero-order valence-corrected chi connectivity index (χ0v) is 11.2. The van der Waals surface area contributed by atoms with Gasteiger partial charge in [-0.15, -0.1) is 0 Å². The zero-order valence-electron chi connectivity index (χ0n) is 11.2. The maximum Gasteiger partial charge on any atom is -0.00890 e. The van der Waals surface area contributed by atoms with Crippen LogP contribution in [0.2, 0.25) is 0 Å². The minimum Gasteiger partial charge on any atom is -0.0613 e. The van der Waals surface area contributed by atoms with Gasteiger partial charge in [-0.1, -0.05) is 64.1 Å². The van der Waals surface area contributed by atoms with Gasteiger partial charge in [0, 0.05) is 0 Å². The molecule has 0 aliphatic heterocycles. The molecule has 0 unspecified atom stereocenters. The maximum absolute atomic E-state index is 2.37. The Balaban J connectivity index is 2.50. The third kappa shape index (κ3) is 1.43. The predicted octanol–water partition coefficient (Wildman–Crippen LogP) is 4.80. The Morgan fingerprint density at radius 2 is 1.24 bits per heavy atom. The minimum atomic E-state index is 0.275. The molecule has 0 spiro atoms. The first-order valence-electron chi connectivity index (χ1n) is 6.45. The summed E-state index contributed by atoms with van der Waals surface area (Å²) in [4.78, 5) is 0. The normalized spacial score (nSPS) is 20.5. The standard InChI is InChI=1S/C17H20/c1-16(2)11-17(3,4)14-10-6-8-12-7-5-9-13(16)15(12)14/h5-10H,11H2,1-4H3. The average Bonchev–Trinajstić information content (AvgIpc) is 2.24. The van der Waals surface area contributed by atoms with Crippen molar-refractivity contribution in [3.05, 3.63) is 47.5 Å². The number of hydrogen-bond acceptors (Lipinski definition) is 0. The third-order valence-corrected chi connectivity index (χ3v) is 4.25. The number of benzene rings is 2. The smallest absolute Gasteiger partial charge is 0.00890 e. The Morgan fingerprint density at radius 1 is 0.765 bits per heavy atom. The molecule has 0 heterocycles. The van der Waals surface area contributed by atoms with Crippen LogP contribution in [0.15, 0.2) is 36.4 Å². The van der Waals surface area contributed by atoms with Gasteiger partial charge >= 0.3 is 0 Å². The van der Waals surface area contributed by atoms with E-state index in [9.17, 15) is 0 Å². The van der Waals surface area contributed by atoms with Gasteiger partial charge in [0.05, 0.1) is 0 Å². The molecule has 17 heavy (non-hydrogen) atoms. The lowest BCUT2D eigenvalue weighted by molar-refractivity contribution is 0.341. The Bertz CT molecular complexity index is 539. The van der Waals surface area contributed by atoms with Crippen LogP contribution in [0.1, 0.15) is 45.2 Å². The summed E-state index contributed by atoms with van der Waals surface area (Å²) in [6.45, 7) is 9.50. The van der Waals surface area contributed by atoms with E-state index in [1.54, 1.807) is 0 Å². The van der Waals surface area contributed by atoms with Crippen LogP contribution >= 0.6 is 0 Å². The summed E-state index contributed by atoms with van der Waals surface area (Å²) in [6.07, 6.45) is 1.22. The first-order chi connectivity index (χ1) is 7.92. The van der Waals surface area contributed by atoms with Crippen LogP contribution < -0.4 is 0 Å². The van der Waals surface area contributed by atoms with Crippen molar-refractivity contribution in [2.24, 2.45) is 0 Å². The third-order valence-electron chi connectivity index (χ3n) is 4.25. The van der Waals surface area contributed by atoms with Crippen molar-refractivity contribution in [3.63, 3.8) is 0 Å². The van der Waals surface area contributed by atoms with Crippen molar-refractivity contribution in [3.8, 4) is 0 Å². The Kier molecular flexibility index (Phi) is 1.99. The van der Waals surface area contributed by atoms with Gasteiger partial charge in [0.2, 0.25) is 0 Å². The Morgan fingerprint density at radius 3 is 1.71 bits per heavy atom. The molecule has 0 saturated heterocycles. The highest BCUT2D eigenvalue weighted by Crippen LogP contribution is 2.48. The van der Waals surface area contributed by atoms with Crippen LogP contribution in [0.4, 0.5) is 0 Å². The first kappa shape index (κ1) is 10.8. The monoisotopic (exact) mass is 224 g/mol. The van der Waals surface area contributed by atoms with Crippen molar-refractivity contribution in [1.82, 2.24) is 0 Å². The number of hydrogen-bond donors (Lipinski definition) is 0. The molecule has 0 amide bonds. The molecule has 0 saturated carbocycles. The van der Waals surface area contributed by atoms with Crippen LogP contribution in [-0.2, 0) is 10.8 Å². The highest BCUT2D eigenvalue weighted by atomic mass is 14.4. The molecule has 0 fully saturated rings. The van der Waals surface area contributed by atoms with Gasteiger partial charge in [-0.3, -0.25) is 0 Å². The number of rotatable bonds is 0. The van der Waals surface area contributed by atoms with Crippen LogP contribution in [0.5, 0.6) is 0 Å². The molecule has 0 nitrogen and oxygen atoms in total. The van der Waals surface area contributed by atoms with E-state index in [0.717, 1.165) is 0 Å². The van der Waals surface area contributed by atoms with Crippen LogP contribution in [-0.4, -0.2) is 0 Å². The molecule has 2 aromatic carbocycles. The summed E-state index contributed by atoms with van der Waals surface area (Å²) in [5.41, 5.74) is 3.59. The van der Waals surface area contributed by atoms with E-state index in [1.165, 1.54) is 28.3 Å². The molecule has 1 aliphatic rings. The molecule has 0 bridgehead atoms. The van der Waals surface area contributed by atoms with E-state index in [2.05, 4.69) is 64.1 Å². The first-order valence-corrected chi connectivity index (χ1v) is 6.45. The predicted molar refractivity (Wildman–Crippen MR) is 74.6 cm³/mol. The van der Waals surface area contributed by atoms with Gasteiger partial charge in [0.1, 0.15) is 0 Å². The highest BCUT2D eigenvalue weighted by molar-refractivity contribution is 5.91. The Hall–Kier alpha value is -1.30. The molecular formula is C17H20. The lowest BCUT2D eigenvalue weighted by atomic mass is 9.62. The Labute approximate surface area is 104 Å². The fourth-order valence-corrected chi connectivity index (χ4v) is 3.76. The van der Waals surface area contributed by atoms with Crippen LogP contribution in [0.25, 0.3) is 10.8 Å². The molecule has 0 atom stereocenters. The second-order valence-electron chi connectivity index (χ2n) is 6.65. The maximum atomic E-state index is 2.37. The summed E-state index contributed by atoms with van der Waals surface area (Å²) >= 11 is 0. The average molecular weight is 224 g/mol. The van der Waals surface area contributed by atoms with Gasteiger partial charge in [0.25, 0.3) is 0 Å². The van der Waals surface area contributed by atoms with E-state index in [-0.39, 0.29) is 10.8 Å². The molecule has 0 heteroatoms. The SMILES string of the molecule is CC1(C)CC(C)(C)c2cccc3cccc1c23.